The van der Waals surface area contributed by atoms with E-state index >= 15 is 0 Å². The van der Waals surface area contributed by atoms with E-state index in [1.165, 1.54) is 23.5 Å². The Morgan fingerprint density at radius 3 is 2.38 bits per heavy atom. The van der Waals surface area contributed by atoms with E-state index in [-0.39, 0.29) is 0 Å². The van der Waals surface area contributed by atoms with Crippen molar-refractivity contribution in [1.29, 1.82) is 0 Å². The van der Waals surface area contributed by atoms with Crippen LogP contribution in [0.2, 0.25) is 0 Å². The molecule has 0 N–H and O–H groups in total. The number of aliphatic carboxylic acids is 1. The quantitative estimate of drug-likeness (QED) is 0.707. The van der Waals surface area contributed by atoms with Gasteiger partial charge in [-0.1, -0.05) is 47.0 Å². The second-order valence-electron chi connectivity index (χ2n) is 2.07. The first kappa shape index (κ1) is 9.64. The van der Waals surface area contributed by atoms with Crippen LogP contribution in [0.25, 0.3) is 0 Å². The molecule has 0 saturated carbocycles. The van der Waals surface area contributed by atoms with Crippen LogP contribution >= 0.6 is 47.0 Å². The van der Waals surface area contributed by atoms with Gasteiger partial charge in [0.2, 0.25) is 0 Å². The number of hydrogen-bond acceptors (Lipinski definition) is 6. The Morgan fingerprint density at radius 2 is 1.85 bits per heavy atom. The first-order valence-corrected chi connectivity index (χ1v) is 6.71. The summed E-state index contributed by atoms with van der Waals surface area (Å²) < 4.78 is 2.20. The van der Waals surface area contributed by atoms with Crippen molar-refractivity contribution in [2.24, 2.45) is 0 Å². The summed E-state index contributed by atoms with van der Waals surface area (Å²) in [6.07, 6.45) is 0. The maximum Gasteiger partial charge on any atom is 0.0788 e. The highest BCUT2D eigenvalue weighted by Gasteiger charge is 2.18. The van der Waals surface area contributed by atoms with Crippen LogP contribution in [-0.4, -0.2) is 5.97 Å². The Balaban J connectivity index is 2.10. The number of carboxylic acid groups (broad SMARTS) is 1. The minimum Gasteiger partial charge on any atom is -0.544 e. The van der Waals surface area contributed by atoms with Gasteiger partial charge in [0.25, 0.3) is 0 Å². The van der Waals surface area contributed by atoms with Crippen molar-refractivity contribution in [3.8, 4) is 0 Å². The van der Waals surface area contributed by atoms with Gasteiger partial charge in [0.1, 0.15) is 0 Å². The molecule has 0 unspecified atom stereocenters. The summed E-state index contributed by atoms with van der Waals surface area (Å²) in [4.78, 5) is 10.8. The van der Waals surface area contributed by atoms with Gasteiger partial charge in [-0.2, -0.15) is 0 Å². The molecule has 2 heterocycles. The fourth-order valence-electron chi connectivity index (χ4n) is 0.738. The molecule has 2 nitrogen and oxygen atoms in total. The van der Waals surface area contributed by atoms with Gasteiger partial charge in [0.05, 0.1) is 14.4 Å². The molecule has 13 heavy (non-hydrogen) atoms. The second-order valence-corrected chi connectivity index (χ2v) is 6.35. The predicted molar refractivity (Wildman–Crippen MR) is 59.6 cm³/mol. The number of carbonyl (C=O) groups is 1. The molecule has 0 aliphatic carbocycles. The largest absolute Gasteiger partial charge is 0.544 e. The minimum atomic E-state index is -1.09. The fraction of sp³-hybridized carbons (Fsp3) is 0. The molecule has 2 aliphatic heterocycles. The van der Waals surface area contributed by atoms with Crippen LogP contribution in [0, 0.1) is 0 Å². The highest BCUT2D eigenvalue weighted by atomic mass is 32.2. The van der Waals surface area contributed by atoms with Crippen LogP contribution in [-0.2, 0) is 4.79 Å². The summed E-state index contributed by atoms with van der Waals surface area (Å²) in [6, 6.07) is 0. The molecule has 0 aromatic rings. The van der Waals surface area contributed by atoms with Crippen molar-refractivity contribution in [2.75, 3.05) is 0 Å². The van der Waals surface area contributed by atoms with E-state index in [9.17, 15) is 9.90 Å². The normalized spacial score (nSPS) is 21.1. The monoisotopic (exact) mass is 247 g/mol. The minimum absolute atomic E-state index is 0.306. The van der Waals surface area contributed by atoms with Crippen LogP contribution in [0.3, 0.4) is 0 Å². The number of carboxylic acids is 1. The third-order valence-electron chi connectivity index (χ3n) is 1.25. The average Bonchev–Trinajstić information content (AvgIpc) is 2.75. The van der Waals surface area contributed by atoms with Crippen LogP contribution in [0.5, 0.6) is 0 Å². The highest BCUT2D eigenvalue weighted by Crippen LogP contribution is 2.52. The molecule has 2 aliphatic rings. The Hall–Kier alpha value is 0.0900. The lowest BCUT2D eigenvalue weighted by atomic mass is 10.7. The van der Waals surface area contributed by atoms with Gasteiger partial charge in [0.15, 0.2) is 0 Å². The van der Waals surface area contributed by atoms with Gasteiger partial charge < -0.3 is 9.90 Å². The molecule has 0 fully saturated rings. The Labute approximate surface area is 92.3 Å². The fourth-order valence-corrected chi connectivity index (χ4v) is 5.01. The standard InChI is InChI=1S/C7H4O2S4/c8-5(9)4-3-12-7(13-4)6-10-1-2-11-6/h1-3H,(H,8,9)/p-1. The molecule has 0 saturated heterocycles. The zero-order valence-corrected chi connectivity index (χ0v) is 9.45. The third-order valence-corrected chi connectivity index (χ3v) is 6.25. The molecule has 0 spiro atoms. The molecular formula is C7H3O2S4-. The zero-order valence-electron chi connectivity index (χ0n) is 6.18. The predicted octanol–water partition coefficient (Wildman–Crippen LogP) is 2.14. The Kier molecular flexibility index (Phi) is 3.02. The molecule has 68 valence electrons. The number of rotatable bonds is 1. The van der Waals surface area contributed by atoms with Gasteiger partial charge in [0, 0.05) is 4.91 Å². The summed E-state index contributed by atoms with van der Waals surface area (Å²) in [6.45, 7) is 0. The van der Waals surface area contributed by atoms with E-state index in [1.807, 2.05) is 10.8 Å². The molecule has 0 bridgehead atoms. The average molecular weight is 247 g/mol. The summed E-state index contributed by atoms with van der Waals surface area (Å²) >= 11 is 5.98. The second kappa shape index (κ2) is 4.08. The van der Waals surface area contributed by atoms with Crippen molar-refractivity contribution in [1.82, 2.24) is 0 Å². The maximum atomic E-state index is 10.5. The van der Waals surface area contributed by atoms with Crippen LogP contribution < -0.4 is 5.11 Å². The van der Waals surface area contributed by atoms with Crippen LogP contribution in [0.1, 0.15) is 0 Å². The van der Waals surface area contributed by atoms with Gasteiger partial charge >= 0.3 is 0 Å². The summed E-state index contributed by atoms with van der Waals surface area (Å²) in [5, 5.41) is 16.1. The van der Waals surface area contributed by atoms with Crippen molar-refractivity contribution in [3.05, 3.63) is 29.6 Å². The maximum absolute atomic E-state index is 10.5. The summed E-state index contributed by atoms with van der Waals surface area (Å²) in [5.74, 6) is -1.09. The van der Waals surface area contributed by atoms with Crippen molar-refractivity contribution in [2.45, 2.75) is 0 Å². The van der Waals surface area contributed by atoms with E-state index in [0.717, 1.165) is 8.47 Å². The topological polar surface area (TPSA) is 40.1 Å². The molecular weight excluding hydrogens is 244 g/mol. The highest BCUT2D eigenvalue weighted by molar-refractivity contribution is 8.33. The number of thioether (sulfide) groups is 4. The smallest absolute Gasteiger partial charge is 0.0788 e. The molecule has 0 aromatic heterocycles. The summed E-state index contributed by atoms with van der Waals surface area (Å²) in [5.41, 5.74) is 0. The van der Waals surface area contributed by atoms with Crippen molar-refractivity contribution in [3.63, 3.8) is 0 Å². The lowest BCUT2D eigenvalue weighted by Crippen LogP contribution is -2.22. The SMILES string of the molecule is O=C([O-])C1=CSC(=C2SC=CS2)S1. The lowest BCUT2D eigenvalue weighted by molar-refractivity contribution is -0.298. The van der Waals surface area contributed by atoms with E-state index < -0.39 is 5.97 Å². The van der Waals surface area contributed by atoms with E-state index in [1.54, 1.807) is 28.9 Å². The molecule has 0 amide bonds. The molecule has 6 heteroatoms. The van der Waals surface area contributed by atoms with Gasteiger partial charge in [-0.15, -0.1) is 0 Å². The Bertz CT molecular complexity index is 332. The van der Waals surface area contributed by atoms with Gasteiger partial charge in [-0.3, -0.25) is 0 Å². The van der Waals surface area contributed by atoms with E-state index in [0.29, 0.717) is 4.91 Å². The van der Waals surface area contributed by atoms with Gasteiger partial charge in [-0.25, -0.2) is 0 Å². The number of carbonyl (C=O) groups excluding carboxylic acids is 1. The first-order chi connectivity index (χ1) is 6.27. The number of hydrogen-bond donors (Lipinski definition) is 0. The Morgan fingerprint density at radius 1 is 1.15 bits per heavy atom. The van der Waals surface area contributed by atoms with E-state index in [2.05, 4.69) is 0 Å². The van der Waals surface area contributed by atoms with E-state index in [4.69, 9.17) is 0 Å². The van der Waals surface area contributed by atoms with Crippen LogP contribution in [0.4, 0.5) is 0 Å². The van der Waals surface area contributed by atoms with Gasteiger partial charge in [-0.05, 0) is 16.2 Å². The summed E-state index contributed by atoms with van der Waals surface area (Å²) in [7, 11) is 0. The first-order valence-electron chi connectivity index (χ1n) is 3.26. The molecule has 0 atom stereocenters. The zero-order chi connectivity index (χ0) is 9.26. The van der Waals surface area contributed by atoms with Crippen molar-refractivity contribution >= 4 is 53.0 Å². The van der Waals surface area contributed by atoms with Crippen LogP contribution in [0.15, 0.2) is 29.6 Å². The molecule has 0 radical (unpaired) electrons. The third kappa shape index (κ3) is 2.12. The lowest BCUT2D eigenvalue weighted by Gasteiger charge is -2.02. The molecule has 0 aromatic carbocycles. The molecule has 2 rings (SSSR count). The van der Waals surface area contributed by atoms with Crippen molar-refractivity contribution < 1.29 is 9.90 Å².